The first-order valence-corrected chi connectivity index (χ1v) is 15.9. The lowest BCUT2D eigenvalue weighted by atomic mass is 9.95. The SMILES string of the molecule is CC[C@H](C)[C@@H](Nc1ccc2c(cc1=O)[C@H](NC(C)=O)CCc1cc(OC)c(OC)c(OC)c1-2)C(=O)Nc1ccc2c(c1)n(C)c(=O)n2C. The van der Waals surface area contributed by atoms with Gasteiger partial charge in [-0.3, -0.25) is 23.5 Å². The van der Waals surface area contributed by atoms with E-state index < -0.39 is 12.1 Å². The first-order valence-electron chi connectivity index (χ1n) is 15.9. The van der Waals surface area contributed by atoms with Crippen LogP contribution in [0.15, 0.2) is 52.1 Å². The van der Waals surface area contributed by atoms with Crippen molar-refractivity contribution in [3.63, 3.8) is 0 Å². The normalized spacial score (nSPS) is 15.0. The molecule has 2 amide bonds. The van der Waals surface area contributed by atoms with Crippen LogP contribution in [-0.2, 0) is 30.1 Å². The molecule has 1 aliphatic rings. The second-order valence-corrected chi connectivity index (χ2v) is 12.2. The molecule has 0 aliphatic heterocycles. The zero-order chi connectivity index (χ0) is 34.9. The molecule has 3 atom stereocenters. The maximum absolute atomic E-state index is 14.0. The average Bonchev–Trinajstić information content (AvgIpc) is 3.18. The monoisotopic (exact) mass is 657 g/mol. The minimum atomic E-state index is -0.766. The topological polar surface area (TPSA) is 142 Å². The highest BCUT2D eigenvalue weighted by atomic mass is 16.5. The molecule has 0 fully saturated rings. The van der Waals surface area contributed by atoms with Crippen molar-refractivity contribution in [2.24, 2.45) is 20.0 Å². The third-order valence-electron chi connectivity index (χ3n) is 9.26. The van der Waals surface area contributed by atoms with Gasteiger partial charge in [0.05, 0.1) is 44.1 Å². The molecule has 254 valence electrons. The number of hydrogen-bond acceptors (Lipinski definition) is 8. The van der Waals surface area contributed by atoms with Gasteiger partial charge in [0.25, 0.3) is 0 Å². The predicted octanol–water partition coefficient (Wildman–Crippen LogP) is 4.52. The standard InChI is InChI=1S/C36H43N5O7/c1-9-19(2)32(35(44)38-22-11-15-27-28(17-22)41(5)36(45)40(27)4)39-26-14-12-23-24(18-29(26)43)25(37-20(3)42)13-10-21-16-30(46-6)33(47-7)34(48-8)31(21)23/h11-12,14-19,25,32H,9-10,13H2,1-8H3,(H,37,42)(H,38,44)(H,39,43)/t19-,25+,32+/m0/s1. The van der Waals surface area contributed by atoms with E-state index in [9.17, 15) is 19.2 Å². The van der Waals surface area contributed by atoms with E-state index in [0.717, 1.165) is 16.6 Å². The lowest BCUT2D eigenvalue weighted by Crippen LogP contribution is -2.40. The Morgan fingerprint density at radius 1 is 0.938 bits per heavy atom. The number of anilines is 2. The Kier molecular flexibility index (Phi) is 9.83. The number of methoxy groups -OCH3 is 3. The number of aromatic nitrogens is 2. The van der Waals surface area contributed by atoms with Crippen LogP contribution < -0.4 is 41.3 Å². The van der Waals surface area contributed by atoms with E-state index in [1.54, 1.807) is 57.1 Å². The van der Waals surface area contributed by atoms with Crippen molar-refractivity contribution in [1.29, 1.82) is 0 Å². The van der Waals surface area contributed by atoms with E-state index in [1.807, 2.05) is 26.0 Å². The summed E-state index contributed by atoms with van der Waals surface area (Å²) in [5.74, 6) is 0.681. The summed E-state index contributed by atoms with van der Waals surface area (Å²) in [6, 6.07) is 11.0. The number of nitrogens with zero attached hydrogens (tertiary/aromatic N) is 2. The molecule has 0 saturated heterocycles. The number of rotatable bonds is 10. The smallest absolute Gasteiger partial charge is 0.328 e. The third-order valence-corrected chi connectivity index (χ3v) is 9.26. The maximum atomic E-state index is 14.0. The number of carbonyl (C=O) groups excluding carboxylic acids is 2. The summed E-state index contributed by atoms with van der Waals surface area (Å²) in [5.41, 5.74) is 4.66. The van der Waals surface area contributed by atoms with Crippen LogP contribution in [0.5, 0.6) is 17.2 Å². The van der Waals surface area contributed by atoms with Crippen LogP contribution in [-0.4, -0.2) is 48.3 Å². The van der Waals surface area contributed by atoms with Gasteiger partial charge in [-0.05, 0) is 71.8 Å². The molecule has 12 heteroatoms. The second kappa shape index (κ2) is 13.8. The van der Waals surface area contributed by atoms with Crippen molar-refractivity contribution in [2.45, 2.75) is 52.1 Å². The zero-order valence-corrected chi connectivity index (χ0v) is 28.6. The number of aryl methyl sites for hydroxylation is 3. The van der Waals surface area contributed by atoms with Crippen LogP contribution in [0.3, 0.4) is 0 Å². The Morgan fingerprint density at radius 3 is 2.29 bits per heavy atom. The van der Waals surface area contributed by atoms with Gasteiger partial charge in [-0.1, -0.05) is 26.3 Å². The van der Waals surface area contributed by atoms with E-state index in [4.69, 9.17) is 14.2 Å². The van der Waals surface area contributed by atoms with Crippen molar-refractivity contribution >= 4 is 34.2 Å². The quantitative estimate of drug-likeness (QED) is 0.226. The number of amides is 2. The van der Waals surface area contributed by atoms with E-state index in [0.29, 0.717) is 58.8 Å². The van der Waals surface area contributed by atoms with E-state index >= 15 is 0 Å². The highest BCUT2D eigenvalue weighted by Crippen LogP contribution is 2.50. The number of carbonyl (C=O) groups is 2. The van der Waals surface area contributed by atoms with Gasteiger partial charge in [0.1, 0.15) is 6.04 Å². The molecule has 12 nitrogen and oxygen atoms in total. The fraction of sp³-hybridized carbons (Fsp3) is 0.389. The molecule has 1 aliphatic carbocycles. The molecule has 0 radical (unpaired) electrons. The number of hydrogen-bond donors (Lipinski definition) is 3. The van der Waals surface area contributed by atoms with Gasteiger partial charge in [0.2, 0.25) is 23.0 Å². The largest absolute Gasteiger partial charge is 0.493 e. The lowest BCUT2D eigenvalue weighted by Gasteiger charge is -2.24. The van der Waals surface area contributed by atoms with E-state index in [2.05, 4.69) is 16.0 Å². The van der Waals surface area contributed by atoms with Gasteiger partial charge < -0.3 is 30.2 Å². The van der Waals surface area contributed by atoms with Crippen molar-refractivity contribution in [3.05, 3.63) is 74.3 Å². The minimum absolute atomic E-state index is 0.151. The van der Waals surface area contributed by atoms with Gasteiger partial charge in [-0.25, -0.2) is 4.79 Å². The minimum Gasteiger partial charge on any atom is -0.493 e. The number of imidazole rings is 1. The molecule has 0 spiro atoms. The summed E-state index contributed by atoms with van der Waals surface area (Å²) in [4.78, 5) is 52.5. The van der Waals surface area contributed by atoms with Crippen molar-refractivity contribution in [2.75, 3.05) is 32.0 Å². The summed E-state index contributed by atoms with van der Waals surface area (Å²) in [6.07, 6.45) is 1.77. The maximum Gasteiger partial charge on any atom is 0.328 e. The Morgan fingerprint density at radius 2 is 1.65 bits per heavy atom. The van der Waals surface area contributed by atoms with Gasteiger partial charge in [0.15, 0.2) is 11.5 Å². The molecule has 0 unspecified atom stereocenters. The highest BCUT2D eigenvalue weighted by molar-refractivity contribution is 5.98. The molecule has 1 heterocycles. The molecule has 0 saturated carbocycles. The molecule has 3 N–H and O–H groups in total. The number of ether oxygens (including phenoxy) is 3. The predicted molar refractivity (Wildman–Crippen MR) is 186 cm³/mol. The van der Waals surface area contributed by atoms with Gasteiger partial charge in [-0.15, -0.1) is 0 Å². The molecule has 3 aromatic carbocycles. The van der Waals surface area contributed by atoms with Crippen LogP contribution in [0.25, 0.3) is 22.2 Å². The van der Waals surface area contributed by atoms with Gasteiger partial charge in [0, 0.05) is 32.3 Å². The van der Waals surface area contributed by atoms with Crippen LogP contribution in [0.1, 0.15) is 50.8 Å². The first kappa shape index (κ1) is 34.1. The molecular weight excluding hydrogens is 614 g/mol. The summed E-state index contributed by atoms with van der Waals surface area (Å²) in [6.45, 7) is 5.37. The third kappa shape index (κ3) is 6.22. The van der Waals surface area contributed by atoms with Crippen LogP contribution in [0, 0.1) is 5.92 Å². The number of fused-ring (bicyclic) bond motifs is 4. The highest BCUT2D eigenvalue weighted by Gasteiger charge is 2.30. The molecule has 4 aromatic rings. The molecule has 0 bridgehead atoms. The second-order valence-electron chi connectivity index (χ2n) is 12.2. The summed E-state index contributed by atoms with van der Waals surface area (Å²) < 4.78 is 20.3. The summed E-state index contributed by atoms with van der Waals surface area (Å²) in [7, 11) is 8.03. The zero-order valence-electron chi connectivity index (χ0n) is 28.6. The Balaban J connectivity index is 1.59. The van der Waals surface area contributed by atoms with Gasteiger partial charge in [-0.2, -0.15) is 0 Å². The average molecular weight is 658 g/mol. The molecule has 5 rings (SSSR count). The first-order chi connectivity index (χ1) is 22.9. The van der Waals surface area contributed by atoms with Crippen LogP contribution in [0.4, 0.5) is 11.4 Å². The van der Waals surface area contributed by atoms with Crippen molar-refractivity contribution in [3.8, 4) is 28.4 Å². The Labute approximate surface area is 279 Å². The molecular formula is C36H43N5O7. The summed E-state index contributed by atoms with van der Waals surface area (Å²) >= 11 is 0. The number of benzene rings is 2. The Hall–Kier alpha value is -5.26. The van der Waals surface area contributed by atoms with Gasteiger partial charge >= 0.3 is 5.69 Å². The molecule has 48 heavy (non-hydrogen) atoms. The summed E-state index contributed by atoms with van der Waals surface area (Å²) in [5, 5.41) is 9.23. The van der Waals surface area contributed by atoms with Crippen molar-refractivity contribution in [1.82, 2.24) is 14.5 Å². The lowest BCUT2D eigenvalue weighted by molar-refractivity contribution is -0.120. The van der Waals surface area contributed by atoms with Crippen LogP contribution >= 0.6 is 0 Å². The molecule has 1 aromatic heterocycles. The fourth-order valence-corrected chi connectivity index (χ4v) is 6.50. The van der Waals surface area contributed by atoms with Crippen molar-refractivity contribution < 1.29 is 23.8 Å². The fourth-order valence-electron chi connectivity index (χ4n) is 6.50. The Bertz CT molecular complexity index is 2020. The van der Waals surface area contributed by atoms with E-state index in [1.165, 1.54) is 24.7 Å². The number of nitrogens with one attached hydrogen (secondary N) is 3. The van der Waals surface area contributed by atoms with E-state index in [-0.39, 0.29) is 34.5 Å². The van der Waals surface area contributed by atoms with Crippen LogP contribution in [0.2, 0.25) is 0 Å².